The molecule has 0 saturated heterocycles. The van der Waals surface area contributed by atoms with Crippen LogP contribution in [0, 0.1) is 0 Å². The number of rotatable bonds is 6. The van der Waals surface area contributed by atoms with Gasteiger partial charge in [0.1, 0.15) is 5.69 Å². The van der Waals surface area contributed by atoms with Gasteiger partial charge in [-0.15, -0.1) is 5.10 Å². The summed E-state index contributed by atoms with van der Waals surface area (Å²) in [6.07, 6.45) is 5.06. The molecule has 128 valence electrons. The fourth-order valence-corrected chi connectivity index (χ4v) is 2.66. The molecule has 0 unspecified atom stereocenters. The van der Waals surface area contributed by atoms with E-state index in [1.165, 1.54) is 4.68 Å². The fourth-order valence-electron chi connectivity index (χ4n) is 2.66. The topological polar surface area (TPSA) is 95.0 Å². The van der Waals surface area contributed by atoms with Gasteiger partial charge in [0.15, 0.2) is 5.76 Å². The molecular formula is C17H17N5O3. The largest absolute Gasteiger partial charge is 0.461 e. The number of hydrogen-bond donors (Lipinski definition) is 1. The first-order chi connectivity index (χ1) is 12.2. The number of nitrogens with zero attached hydrogens (tertiary/aromatic N) is 4. The molecular weight excluding hydrogens is 322 g/mol. The van der Waals surface area contributed by atoms with Crippen molar-refractivity contribution in [3.63, 3.8) is 0 Å². The van der Waals surface area contributed by atoms with Gasteiger partial charge in [-0.2, -0.15) is 0 Å². The summed E-state index contributed by atoms with van der Waals surface area (Å²) in [7, 11) is 0. The molecule has 0 atom stereocenters. The summed E-state index contributed by atoms with van der Waals surface area (Å²) in [6, 6.07) is 8.87. The van der Waals surface area contributed by atoms with Gasteiger partial charge in [-0.3, -0.25) is 14.3 Å². The van der Waals surface area contributed by atoms with Crippen LogP contribution in [0.4, 0.5) is 0 Å². The normalized spacial score (nSPS) is 13.8. The first-order valence-electron chi connectivity index (χ1n) is 8.16. The second-order valence-corrected chi connectivity index (χ2v) is 5.88. The lowest BCUT2D eigenvalue weighted by atomic mass is 10.3. The Labute approximate surface area is 143 Å². The second-order valence-electron chi connectivity index (χ2n) is 5.88. The smallest absolute Gasteiger partial charge is 0.346 e. The molecule has 1 aliphatic carbocycles. The molecule has 4 rings (SSSR count). The molecule has 0 aromatic carbocycles. The van der Waals surface area contributed by atoms with Gasteiger partial charge < -0.3 is 9.73 Å². The Bertz CT molecular complexity index is 923. The molecule has 25 heavy (non-hydrogen) atoms. The van der Waals surface area contributed by atoms with E-state index in [-0.39, 0.29) is 30.7 Å². The molecule has 3 heterocycles. The Balaban J connectivity index is 1.49. The van der Waals surface area contributed by atoms with E-state index in [1.54, 1.807) is 47.4 Å². The Kier molecular flexibility index (Phi) is 3.93. The summed E-state index contributed by atoms with van der Waals surface area (Å²) >= 11 is 0. The number of furan rings is 1. The van der Waals surface area contributed by atoms with Crippen LogP contribution in [0.15, 0.2) is 52.0 Å². The maximum Gasteiger partial charge on any atom is 0.346 e. The SMILES string of the molecule is O=C(NCCn1nc(-c2ccco2)n(C2CC2)c1=O)c1ccccn1. The third-order valence-corrected chi connectivity index (χ3v) is 4.03. The van der Waals surface area contributed by atoms with Crippen molar-refractivity contribution in [1.29, 1.82) is 0 Å². The highest BCUT2D eigenvalue weighted by Gasteiger charge is 2.31. The summed E-state index contributed by atoms with van der Waals surface area (Å²) in [5.74, 6) is 0.829. The first kappa shape index (κ1) is 15.4. The molecule has 1 N–H and O–H groups in total. The lowest BCUT2D eigenvalue weighted by molar-refractivity contribution is 0.0947. The Morgan fingerprint density at radius 3 is 2.84 bits per heavy atom. The lowest BCUT2D eigenvalue weighted by Gasteiger charge is -2.03. The van der Waals surface area contributed by atoms with Gasteiger partial charge in [-0.25, -0.2) is 9.48 Å². The lowest BCUT2D eigenvalue weighted by Crippen LogP contribution is -2.32. The maximum atomic E-state index is 12.6. The summed E-state index contributed by atoms with van der Waals surface area (Å²) in [5.41, 5.74) is 0.163. The van der Waals surface area contributed by atoms with Crippen LogP contribution in [-0.2, 0) is 6.54 Å². The van der Waals surface area contributed by atoms with Crippen molar-refractivity contribution in [3.8, 4) is 11.6 Å². The van der Waals surface area contributed by atoms with E-state index in [9.17, 15) is 9.59 Å². The van der Waals surface area contributed by atoms with Crippen LogP contribution in [0.2, 0.25) is 0 Å². The molecule has 3 aromatic rings. The van der Waals surface area contributed by atoms with E-state index >= 15 is 0 Å². The fraction of sp³-hybridized carbons (Fsp3) is 0.294. The summed E-state index contributed by atoms with van der Waals surface area (Å²) in [4.78, 5) is 28.6. The van der Waals surface area contributed by atoms with Crippen molar-refractivity contribution in [3.05, 3.63) is 59.0 Å². The van der Waals surface area contributed by atoms with Crippen LogP contribution in [0.5, 0.6) is 0 Å². The molecule has 0 spiro atoms. The van der Waals surface area contributed by atoms with E-state index in [4.69, 9.17) is 4.42 Å². The number of carbonyl (C=O) groups is 1. The highest BCUT2D eigenvalue weighted by atomic mass is 16.3. The summed E-state index contributed by atoms with van der Waals surface area (Å²) in [6.45, 7) is 0.569. The van der Waals surface area contributed by atoms with Crippen LogP contribution < -0.4 is 11.0 Å². The minimum atomic E-state index is -0.276. The Morgan fingerprint density at radius 2 is 2.16 bits per heavy atom. The minimum Gasteiger partial charge on any atom is -0.461 e. The van der Waals surface area contributed by atoms with Gasteiger partial charge in [-0.1, -0.05) is 6.07 Å². The molecule has 8 nitrogen and oxygen atoms in total. The molecule has 0 aliphatic heterocycles. The van der Waals surface area contributed by atoms with Crippen molar-refractivity contribution in [1.82, 2.24) is 24.6 Å². The monoisotopic (exact) mass is 339 g/mol. The van der Waals surface area contributed by atoms with E-state index in [0.717, 1.165) is 12.8 Å². The number of carbonyl (C=O) groups excluding carboxylic acids is 1. The van der Waals surface area contributed by atoms with Crippen molar-refractivity contribution in [2.75, 3.05) is 6.54 Å². The van der Waals surface area contributed by atoms with Crippen LogP contribution in [0.25, 0.3) is 11.6 Å². The minimum absolute atomic E-state index is 0.180. The zero-order chi connectivity index (χ0) is 17.2. The average molecular weight is 339 g/mol. The Morgan fingerprint density at radius 1 is 1.28 bits per heavy atom. The number of nitrogens with one attached hydrogen (secondary N) is 1. The van der Waals surface area contributed by atoms with E-state index < -0.39 is 0 Å². The molecule has 1 amide bonds. The van der Waals surface area contributed by atoms with Crippen LogP contribution in [-0.4, -0.2) is 31.8 Å². The number of amides is 1. The molecule has 0 bridgehead atoms. The van der Waals surface area contributed by atoms with Crippen LogP contribution in [0.3, 0.4) is 0 Å². The van der Waals surface area contributed by atoms with Crippen LogP contribution >= 0.6 is 0 Å². The highest BCUT2D eigenvalue weighted by Crippen LogP contribution is 2.36. The first-order valence-corrected chi connectivity index (χ1v) is 8.16. The zero-order valence-corrected chi connectivity index (χ0v) is 13.5. The van der Waals surface area contributed by atoms with Crippen LogP contribution in [0.1, 0.15) is 29.4 Å². The molecule has 1 saturated carbocycles. The van der Waals surface area contributed by atoms with Gasteiger partial charge in [0.2, 0.25) is 5.82 Å². The summed E-state index contributed by atoms with van der Waals surface area (Å²) in [5, 5.41) is 7.14. The molecule has 0 radical (unpaired) electrons. The highest BCUT2D eigenvalue weighted by molar-refractivity contribution is 5.92. The zero-order valence-electron chi connectivity index (χ0n) is 13.5. The average Bonchev–Trinajstić information content (AvgIpc) is 3.21. The third-order valence-electron chi connectivity index (χ3n) is 4.03. The van der Waals surface area contributed by atoms with E-state index in [2.05, 4.69) is 15.4 Å². The predicted molar refractivity (Wildman–Crippen MR) is 89.0 cm³/mol. The van der Waals surface area contributed by atoms with E-state index in [0.29, 0.717) is 17.3 Å². The number of hydrogen-bond acceptors (Lipinski definition) is 5. The molecule has 8 heteroatoms. The van der Waals surface area contributed by atoms with Crippen molar-refractivity contribution in [2.24, 2.45) is 0 Å². The van der Waals surface area contributed by atoms with Gasteiger partial charge in [0, 0.05) is 18.8 Å². The molecule has 3 aromatic heterocycles. The van der Waals surface area contributed by atoms with E-state index in [1.807, 2.05) is 0 Å². The van der Waals surface area contributed by atoms with Gasteiger partial charge >= 0.3 is 5.69 Å². The van der Waals surface area contributed by atoms with Crippen molar-refractivity contribution in [2.45, 2.75) is 25.4 Å². The number of pyridine rings is 1. The molecule has 1 fully saturated rings. The Hall–Kier alpha value is -3.16. The second kappa shape index (κ2) is 6.39. The summed E-state index contributed by atoms with van der Waals surface area (Å²) < 4.78 is 8.44. The number of aromatic nitrogens is 4. The predicted octanol–water partition coefficient (Wildman–Crippen LogP) is 1.46. The van der Waals surface area contributed by atoms with Crippen molar-refractivity contribution < 1.29 is 9.21 Å². The van der Waals surface area contributed by atoms with Gasteiger partial charge in [0.05, 0.1) is 12.8 Å². The standard InChI is InChI=1S/C17H17N5O3/c23-16(13-4-1-2-8-18-13)19-9-10-21-17(24)22(12-6-7-12)15(20-21)14-5-3-11-25-14/h1-5,8,11-12H,6-7,9-10H2,(H,19,23). The maximum absolute atomic E-state index is 12.6. The molecule has 1 aliphatic rings. The van der Waals surface area contributed by atoms with Crippen molar-refractivity contribution >= 4 is 5.91 Å². The van der Waals surface area contributed by atoms with Gasteiger partial charge in [0.25, 0.3) is 5.91 Å². The third kappa shape index (κ3) is 3.10. The van der Waals surface area contributed by atoms with Gasteiger partial charge in [-0.05, 0) is 37.1 Å². The quantitative estimate of drug-likeness (QED) is 0.734.